The average Bonchev–Trinajstić information content (AvgIpc) is 2.93. The summed E-state index contributed by atoms with van der Waals surface area (Å²) in [4.78, 5) is 41.7. The highest BCUT2D eigenvalue weighted by Crippen LogP contribution is 2.48. The fourth-order valence-electron chi connectivity index (χ4n) is 5.90. The second-order valence-electron chi connectivity index (χ2n) is 9.94. The highest BCUT2D eigenvalue weighted by molar-refractivity contribution is 6.35. The molecule has 0 bridgehead atoms. The zero-order valence-electron chi connectivity index (χ0n) is 20.9. The van der Waals surface area contributed by atoms with Crippen LogP contribution in [0.1, 0.15) is 64.7 Å². The molecule has 1 fully saturated rings. The van der Waals surface area contributed by atoms with Crippen molar-refractivity contribution in [1.29, 1.82) is 0 Å². The number of nitrogens with one attached hydrogen (secondary N) is 1. The van der Waals surface area contributed by atoms with Gasteiger partial charge in [0, 0.05) is 22.2 Å². The van der Waals surface area contributed by atoms with Gasteiger partial charge in [0.25, 0.3) is 5.91 Å². The van der Waals surface area contributed by atoms with E-state index in [-0.39, 0.29) is 11.8 Å². The molecule has 0 aromatic heterocycles. The Hall–Kier alpha value is -3.22. The van der Waals surface area contributed by atoms with Gasteiger partial charge in [-0.25, -0.2) is 0 Å². The second-order valence-corrected chi connectivity index (χ2v) is 10.8. The normalized spacial score (nSPS) is 23.0. The summed E-state index contributed by atoms with van der Waals surface area (Å²) >= 11 is 12.9. The Balaban J connectivity index is 1.59. The highest BCUT2D eigenvalue weighted by Gasteiger charge is 2.49. The maximum Gasteiger partial charge on any atom is 0.255 e. The van der Waals surface area contributed by atoms with E-state index in [1.165, 1.54) is 0 Å². The maximum absolute atomic E-state index is 14.1. The monoisotopic (exact) mass is 549 g/mol. The first-order valence-electron chi connectivity index (χ1n) is 13.0. The van der Waals surface area contributed by atoms with Crippen LogP contribution in [0, 0.1) is 4.91 Å². The van der Waals surface area contributed by atoms with Crippen molar-refractivity contribution in [2.45, 2.75) is 56.1 Å². The lowest BCUT2D eigenvalue weighted by molar-refractivity contribution is -0.124. The Morgan fingerprint density at radius 3 is 2.45 bits per heavy atom. The topological polar surface area (TPSA) is 78.8 Å². The first-order chi connectivity index (χ1) is 18.5. The minimum atomic E-state index is -0.729. The lowest BCUT2D eigenvalue weighted by Crippen LogP contribution is -2.55. The number of fused-ring (bicyclic) bond motifs is 1. The molecule has 0 spiro atoms. The number of halogens is 2. The molecule has 4 atom stereocenters. The molecule has 8 heteroatoms. The third kappa shape index (κ3) is 5.20. The fourth-order valence-corrected chi connectivity index (χ4v) is 6.42. The summed E-state index contributed by atoms with van der Waals surface area (Å²) in [7, 11) is 0. The molecule has 1 saturated carbocycles. The molecule has 1 N–H and O–H groups in total. The molecule has 6 nitrogen and oxygen atoms in total. The van der Waals surface area contributed by atoms with Crippen LogP contribution in [0.3, 0.4) is 0 Å². The number of carbonyl (C=O) groups excluding carboxylic acids is 2. The summed E-state index contributed by atoms with van der Waals surface area (Å²) in [6, 6.07) is 20.6. The van der Waals surface area contributed by atoms with Crippen molar-refractivity contribution in [3.05, 3.63) is 110 Å². The first kappa shape index (κ1) is 26.4. The van der Waals surface area contributed by atoms with Gasteiger partial charge in [-0.3, -0.25) is 9.59 Å². The molecular weight excluding hydrogens is 521 g/mol. The maximum atomic E-state index is 14.1. The first-order valence-corrected chi connectivity index (χ1v) is 13.8. The molecule has 38 heavy (non-hydrogen) atoms. The number of amides is 2. The van der Waals surface area contributed by atoms with E-state index in [9.17, 15) is 14.5 Å². The number of nitrogens with zero attached hydrogens (tertiary/aromatic N) is 2. The fraction of sp³-hybridized carbons (Fsp3) is 0.333. The molecule has 1 heterocycles. The Morgan fingerprint density at radius 2 is 1.68 bits per heavy atom. The number of nitroso groups, excluding NO2 is 1. The zero-order chi connectivity index (χ0) is 26.6. The molecule has 196 valence electrons. The molecule has 3 aromatic carbocycles. The summed E-state index contributed by atoms with van der Waals surface area (Å²) in [6.07, 6.45) is 3.66. The van der Waals surface area contributed by atoms with Gasteiger partial charge < -0.3 is 10.2 Å². The molecule has 4 unspecified atom stereocenters. The van der Waals surface area contributed by atoms with E-state index >= 15 is 0 Å². The number of rotatable bonds is 7. The van der Waals surface area contributed by atoms with Crippen molar-refractivity contribution >= 4 is 35.0 Å². The van der Waals surface area contributed by atoms with E-state index < -0.39 is 24.0 Å². The van der Waals surface area contributed by atoms with Gasteiger partial charge in [0.15, 0.2) is 0 Å². The Morgan fingerprint density at radius 1 is 0.947 bits per heavy atom. The Kier molecular flexibility index (Phi) is 8.10. The van der Waals surface area contributed by atoms with E-state index in [2.05, 4.69) is 10.5 Å². The van der Waals surface area contributed by atoms with Gasteiger partial charge in [-0.15, -0.1) is 0 Å². The minimum Gasteiger partial charge on any atom is -0.355 e. The lowest BCUT2D eigenvalue weighted by atomic mass is 9.76. The number of hydrogen-bond acceptors (Lipinski definition) is 4. The van der Waals surface area contributed by atoms with Gasteiger partial charge in [0.1, 0.15) is 6.04 Å². The standard InChI is InChI=1S/C30H29Cl2N3O3/c31-20-14-15-23(24(32)18-20)28-27(29(36)33-17-16-19-8-2-1-3-9-19)21-10-4-5-11-22(21)30(37)35(28)26-13-7-6-12-25(26)34-38/h1-5,8-11,14-15,18,25-28H,6-7,12-13,16-17H2,(H,33,36). The summed E-state index contributed by atoms with van der Waals surface area (Å²) in [5.41, 5.74) is 2.85. The third-order valence-electron chi connectivity index (χ3n) is 7.68. The average molecular weight is 550 g/mol. The van der Waals surface area contributed by atoms with Gasteiger partial charge in [0.2, 0.25) is 5.91 Å². The molecule has 3 aromatic rings. The SMILES string of the molecule is O=NC1CCCCC1N1C(=O)c2ccccc2C(C(=O)NCCc2ccccc2)C1c1ccc(Cl)cc1Cl. The number of benzene rings is 3. The molecule has 2 aliphatic rings. The van der Waals surface area contributed by atoms with Crippen LogP contribution in [0.4, 0.5) is 0 Å². The van der Waals surface area contributed by atoms with Crippen LogP contribution >= 0.6 is 23.2 Å². The highest BCUT2D eigenvalue weighted by atomic mass is 35.5. The van der Waals surface area contributed by atoms with Crippen molar-refractivity contribution < 1.29 is 9.59 Å². The van der Waals surface area contributed by atoms with E-state index in [0.717, 1.165) is 18.4 Å². The van der Waals surface area contributed by atoms with E-state index in [1.54, 1.807) is 35.2 Å². The van der Waals surface area contributed by atoms with E-state index in [0.29, 0.717) is 52.5 Å². The van der Waals surface area contributed by atoms with Crippen LogP contribution in [0.5, 0.6) is 0 Å². The van der Waals surface area contributed by atoms with Gasteiger partial charge in [-0.1, -0.05) is 95.8 Å². The zero-order valence-corrected chi connectivity index (χ0v) is 22.4. The van der Waals surface area contributed by atoms with Crippen molar-refractivity contribution in [2.24, 2.45) is 5.18 Å². The molecule has 5 rings (SSSR count). The number of hydrogen-bond donors (Lipinski definition) is 1. The minimum absolute atomic E-state index is 0.201. The van der Waals surface area contributed by atoms with Gasteiger partial charge in [-0.2, -0.15) is 4.91 Å². The second kappa shape index (κ2) is 11.7. The molecular formula is C30H29Cl2N3O3. The molecule has 0 radical (unpaired) electrons. The summed E-state index contributed by atoms with van der Waals surface area (Å²) in [6.45, 7) is 0.443. The van der Waals surface area contributed by atoms with Crippen LogP contribution in [-0.4, -0.2) is 35.3 Å². The third-order valence-corrected chi connectivity index (χ3v) is 8.24. The summed E-state index contributed by atoms with van der Waals surface area (Å²) < 4.78 is 0. The lowest BCUT2D eigenvalue weighted by Gasteiger charge is -2.48. The van der Waals surface area contributed by atoms with Crippen molar-refractivity contribution in [3.8, 4) is 0 Å². The molecule has 0 saturated heterocycles. The predicted octanol–water partition coefficient (Wildman–Crippen LogP) is 6.71. The van der Waals surface area contributed by atoms with Crippen LogP contribution < -0.4 is 5.32 Å². The van der Waals surface area contributed by atoms with Crippen LogP contribution in [0.25, 0.3) is 0 Å². The molecule has 1 aliphatic heterocycles. The van der Waals surface area contributed by atoms with Crippen molar-refractivity contribution in [3.63, 3.8) is 0 Å². The Labute approximate surface area is 232 Å². The quantitative estimate of drug-likeness (QED) is 0.332. The number of carbonyl (C=O) groups is 2. The van der Waals surface area contributed by atoms with Gasteiger partial charge >= 0.3 is 0 Å². The van der Waals surface area contributed by atoms with Crippen molar-refractivity contribution in [2.75, 3.05) is 6.54 Å². The van der Waals surface area contributed by atoms with E-state index in [1.807, 2.05) is 42.5 Å². The van der Waals surface area contributed by atoms with Gasteiger partial charge in [0.05, 0.1) is 18.0 Å². The summed E-state index contributed by atoms with van der Waals surface area (Å²) in [5, 5.41) is 7.35. The largest absolute Gasteiger partial charge is 0.355 e. The van der Waals surface area contributed by atoms with Gasteiger partial charge in [-0.05, 0) is 54.2 Å². The summed E-state index contributed by atoms with van der Waals surface area (Å²) in [5.74, 6) is -1.15. The predicted molar refractivity (Wildman–Crippen MR) is 150 cm³/mol. The van der Waals surface area contributed by atoms with Crippen LogP contribution in [0.2, 0.25) is 10.0 Å². The van der Waals surface area contributed by atoms with Crippen LogP contribution in [0.15, 0.2) is 78.0 Å². The van der Waals surface area contributed by atoms with Crippen LogP contribution in [-0.2, 0) is 11.2 Å². The Bertz CT molecular complexity index is 1330. The molecule has 2 amide bonds. The smallest absolute Gasteiger partial charge is 0.255 e. The van der Waals surface area contributed by atoms with E-state index in [4.69, 9.17) is 23.2 Å². The van der Waals surface area contributed by atoms with Crippen molar-refractivity contribution in [1.82, 2.24) is 10.2 Å². The molecule has 1 aliphatic carbocycles.